The lowest BCUT2D eigenvalue weighted by atomic mass is 9.98. The molecule has 3 rings (SSSR count). The van der Waals surface area contributed by atoms with E-state index in [0.29, 0.717) is 0 Å². The van der Waals surface area contributed by atoms with Gasteiger partial charge in [0, 0.05) is 30.5 Å². The Morgan fingerprint density at radius 1 is 1.17 bits per heavy atom. The Labute approximate surface area is 220 Å². The van der Waals surface area contributed by atoms with Crippen molar-refractivity contribution in [3.8, 4) is 5.75 Å². The zero-order valence-electron chi connectivity index (χ0n) is 23.9. The molecule has 0 spiro atoms. The van der Waals surface area contributed by atoms with Crippen molar-refractivity contribution in [2.45, 2.75) is 80.6 Å². The number of amidine groups is 1. The predicted molar refractivity (Wildman–Crippen MR) is 159 cm³/mol. The van der Waals surface area contributed by atoms with E-state index in [1.807, 2.05) is 45.2 Å². The topological polar surface area (TPSA) is 49.2 Å². The van der Waals surface area contributed by atoms with Crippen molar-refractivity contribution >= 4 is 18.3 Å². The number of hydrogen-bond donors (Lipinski definition) is 1. The number of ether oxygens (including phenoxy) is 1. The summed E-state index contributed by atoms with van der Waals surface area (Å²) in [4.78, 5) is 11.0. The number of hydrogen-bond acceptors (Lipinski definition) is 4. The minimum absolute atomic E-state index is 0.791. The van der Waals surface area contributed by atoms with Crippen LogP contribution in [0, 0.1) is 0 Å². The maximum atomic E-state index is 5.43. The molecule has 1 aromatic rings. The zero-order valence-corrected chi connectivity index (χ0v) is 23.9. The lowest BCUT2D eigenvalue weighted by molar-refractivity contribution is 0.409. The van der Waals surface area contributed by atoms with Crippen molar-refractivity contribution in [1.29, 1.82) is 0 Å². The van der Waals surface area contributed by atoms with Crippen molar-refractivity contribution in [2.75, 3.05) is 20.2 Å². The molecule has 0 aliphatic carbocycles. The third kappa shape index (κ3) is 9.52. The average molecular weight is 493 g/mol. The van der Waals surface area contributed by atoms with E-state index in [4.69, 9.17) is 4.74 Å². The van der Waals surface area contributed by atoms with Crippen LogP contribution in [-0.4, -0.2) is 37.3 Å². The van der Waals surface area contributed by atoms with E-state index >= 15 is 0 Å². The summed E-state index contributed by atoms with van der Waals surface area (Å²) in [6.07, 6.45) is 13.5. The summed E-state index contributed by atoms with van der Waals surface area (Å²) >= 11 is 0. The van der Waals surface area contributed by atoms with Crippen molar-refractivity contribution in [2.24, 2.45) is 9.98 Å². The molecule has 1 N–H and O–H groups in total. The molecule has 0 radical (unpaired) electrons. The number of nitrogens with one attached hydrogen (secondary N) is 1. The number of aliphatic imine (C=N–C) groups is 2. The highest BCUT2D eigenvalue weighted by molar-refractivity contribution is 6.08. The fourth-order valence-corrected chi connectivity index (χ4v) is 3.87. The van der Waals surface area contributed by atoms with E-state index in [1.54, 1.807) is 13.4 Å². The summed E-state index contributed by atoms with van der Waals surface area (Å²) in [5, 5.41) is 3.19. The highest BCUT2D eigenvalue weighted by atomic mass is 16.5. The summed E-state index contributed by atoms with van der Waals surface area (Å²) in [5.74, 6) is 1.77. The van der Waals surface area contributed by atoms with Gasteiger partial charge in [0.1, 0.15) is 11.4 Å². The van der Waals surface area contributed by atoms with Gasteiger partial charge in [-0.05, 0) is 63.7 Å². The highest BCUT2D eigenvalue weighted by Gasteiger charge is 2.19. The molecule has 5 nitrogen and oxygen atoms in total. The first-order valence-electron chi connectivity index (χ1n) is 13.4. The molecule has 5 heteroatoms. The second-order valence-electron chi connectivity index (χ2n) is 8.69. The SMILES string of the molecule is C=C(C)/C(C)=C/c1cccc(OC)c1CCC.CC.CC/C=C/N=C1\N=CN\C1=C(\C)N1CCCC1. The number of rotatable bonds is 8. The van der Waals surface area contributed by atoms with Crippen LogP contribution in [0.25, 0.3) is 6.08 Å². The van der Waals surface area contributed by atoms with Crippen LogP contribution in [0.15, 0.2) is 69.6 Å². The summed E-state index contributed by atoms with van der Waals surface area (Å²) in [6, 6.07) is 6.20. The Bertz CT molecular complexity index is 976. The fraction of sp³-hybridized carbons (Fsp3) is 0.484. The number of benzene rings is 1. The van der Waals surface area contributed by atoms with Gasteiger partial charge in [0.15, 0.2) is 5.84 Å². The first kappa shape index (κ1) is 31.0. The van der Waals surface area contributed by atoms with E-state index in [9.17, 15) is 0 Å². The quantitative estimate of drug-likeness (QED) is 0.375. The number of methoxy groups -OCH3 is 1. The molecule has 2 aliphatic heterocycles. The Hall–Kier alpha value is -3.08. The Morgan fingerprint density at radius 2 is 1.86 bits per heavy atom. The van der Waals surface area contributed by atoms with E-state index in [0.717, 1.165) is 55.2 Å². The van der Waals surface area contributed by atoms with Crippen LogP contribution in [0.1, 0.15) is 85.3 Å². The van der Waals surface area contributed by atoms with Gasteiger partial charge in [0.25, 0.3) is 0 Å². The van der Waals surface area contributed by atoms with Crippen LogP contribution >= 0.6 is 0 Å². The van der Waals surface area contributed by atoms with Crippen LogP contribution < -0.4 is 10.1 Å². The van der Waals surface area contributed by atoms with Gasteiger partial charge in [-0.15, -0.1) is 0 Å². The van der Waals surface area contributed by atoms with Gasteiger partial charge in [0.05, 0.1) is 13.4 Å². The molecule has 0 bridgehead atoms. The molecule has 2 aliphatic rings. The molecular weight excluding hydrogens is 444 g/mol. The van der Waals surface area contributed by atoms with E-state index in [2.05, 4.69) is 66.6 Å². The average Bonchev–Trinajstić information content (AvgIpc) is 3.59. The molecule has 0 atom stereocenters. The molecule has 2 heterocycles. The standard InChI is InChI=1S/C16H22O.C13H20N4.C2H6/c1-6-8-15-14(11-13(4)12(2)3)9-7-10-16(15)17-5;1-3-4-7-14-13-12(15-10-16-13)11(2)17-8-5-6-9-17;1-2/h7,9-11H,2,6,8H2,1,3-5H3;4,7,10H,3,5-6,8-9H2,1-2H3,(H,14,15,16);1-2H3/b13-11+;7-4+,12-11-;. The molecule has 0 unspecified atom stereocenters. The van der Waals surface area contributed by atoms with Crippen molar-refractivity contribution in [3.05, 3.63) is 70.7 Å². The van der Waals surface area contributed by atoms with Crippen molar-refractivity contribution in [3.63, 3.8) is 0 Å². The first-order valence-corrected chi connectivity index (χ1v) is 13.4. The minimum Gasteiger partial charge on any atom is -0.496 e. The molecule has 0 aromatic heterocycles. The maximum absolute atomic E-state index is 5.43. The molecule has 1 fully saturated rings. The number of nitrogens with zero attached hydrogens (tertiary/aromatic N) is 3. The largest absolute Gasteiger partial charge is 0.496 e. The van der Waals surface area contributed by atoms with Gasteiger partial charge in [-0.1, -0.05) is 70.6 Å². The van der Waals surface area contributed by atoms with E-state index in [1.165, 1.54) is 35.2 Å². The summed E-state index contributed by atoms with van der Waals surface area (Å²) < 4.78 is 5.43. The molecule has 0 amide bonds. The second kappa shape index (κ2) is 17.4. The zero-order chi connectivity index (χ0) is 26.9. The van der Waals surface area contributed by atoms with Crippen LogP contribution in [0.4, 0.5) is 0 Å². The van der Waals surface area contributed by atoms with Crippen LogP contribution in [0.2, 0.25) is 0 Å². The fourth-order valence-electron chi connectivity index (χ4n) is 3.87. The van der Waals surface area contributed by atoms with Crippen LogP contribution in [0.5, 0.6) is 5.75 Å². The van der Waals surface area contributed by atoms with Crippen LogP contribution in [-0.2, 0) is 6.42 Å². The van der Waals surface area contributed by atoms with E-state index < -0.39 is 0 Å². The van der Waals surface area contributed by atoms with Gasteiger partial charge in [-0.2, -0.15) is 0 Å². The first-order chi connectivity index (χ1) is 17.4. The normalized spacial score (nSPS) is 17.4. The minimum atomic E-state index is 0.791. The summed E-state index contributed by atoms with van der Waals surface area (Å²) in [7, 11) is 1.73. The van der Waals surface area contributed by atoms with Crippen molar-refractivity contribution in [1.82, 2.24) is 10.2 Å². The molecule has 198 valence electrons. The van der Waals surface area contributed by atoms with Crippen LogP contribution in [0.3, 0.4) is 0 Å². The third-order valence-corrected chi connectivity index (χ3v) is 6.03. The molecule has 0 saturated carbocycles. The van der Waals surface area contributed by atoms with Gasteiger partial charge >= 0.3 is 0 Å². The number of likely N-dealkylation sites (tertiary alicyclic amines) is 1. The second-order valence-corrected chi connectivity index (χ2v) is 8.69. The predicted octanol–water partition coefficient (Wildman–Crippen LogP) is 7.92. The van der Waals surface area contributed by atoms with Gasteiger partial charge < -0.3 is 15.0 Å². The third-order valence-electron chi connectivity index (χ3n) is 6.03. The van der Waals surface area contributed by atoms with Crippen molar-refractivity contribution < 1.29 is 4.74 Å². The highest BCUT2D eigenvalue weighted by Crippen LogP contribution is 2.26. The van der Waals surface area contributed by atoms with Gasteiger partial charge in [-0.25, -0.2) is 9.98 Å². The lowest BCUT2D eigenvalue weighted by Crippen LogP contribution is -2.23. The van der Waals surface area contributed by atoms with Gasteiger partial charge in [-0.3, -0.25) is 0 Å². The molecular formula is C31H48N4O. The Kier molecular flexibility index (Phi) is 14.9. The Morgan fingerprint density at radius 3 is 2.44 bits per heavy atom. The number of allylic oxidation sites excluding steroid dienone is 4. The monoisotopic (exact) mass is 492 g/mol. The van der Waals surface area contributed by atoms with Gasteiger partial charge in [0.2, 0.25) is 0 Å². The molecule has 36 heavy (non-hydrogen) atoms. The molecule has 1 saturated heterocycles. The smallest absolute Gasteiger partial charge is 0.179 e. The summed E-state index contributed by atoms with van der Waals surface area (Å²) in [5.41, 5.74) is 7.16. The van der Waals surface area contributed by atoms with E-state index in [-0.39, 0.29) is 0 Å². The maximum Gasteiger partial charge on any atom is 0.179 e. The Balaban J connectivity index is 0.000000337. The summed E-state index contributed by atoms with van der Waals surface area (Å²) in [6.45, 7) is 20.8. The lowest BCUT2D eigenvalue weighted by Gasteiger charge is -2.20. The molecule has 1 aromatic carbocycles.